The highest BCUT2D eigenvalue weighted by Gasteiger charge is 2.59. The Bertz CT molecular complexity index is 391. The molecule has 4 heteroatoms. The van der Waals surface area contributed by atoms with Crippen LogP contribution in [-0.2, 0) is 9.47 Å². The van der Waals surface area contributed by atoms with Gasteiger partial charge in [-0.05, 0) is 25.0 Å². The highest BCUT2D eigenvalue weighted by atomic mass is 16.7. The van der Waals surface area contributed by atoms with Crippen LogP contribution in [0.5, 0.6) is 5.75 Å². The summed E-state index contributed by atoms with van der Waals surface area (Å²) < 4.78 is 16.8. The molecule has 1 N–H and O–H groups in total. The van der Waals surface area contributed by atoms with Crippen molar-refractivity contribution >= 4 is 0 Å². The zero-order valence-electron chi connectivity index (χ0n) is 10.4. The maximum Gasteiger partial charge on any atom is 0.184 e. The van der Waals surface area contributed by atoms with Crippen LogP contribution in [0.25, 0.3) is 0 Å². The third-order valence-electron chi connectivity index (χ3n) is 3.67. The predicted octanol–water partition coefficient (Wildman–Crippen LogP) is 1.88. The maximum atomic E-state index is 8.79. The molecule has 0 aromatic heterocycles. The first-order valence-electron chi connectivity index (χ1n) is 6.39. The van der Waals surface area contributed by atoms with Crippen LogP contribution in [0.3, 0.4) is 0 Å². The summed E-state index contributed by atoms with van der Waals surface area (Å²) in [6, 6.07) is 7.76. The molecule has 2 aliphatic rings. The van der Waals surface area contributed by atoms with E-state index in [1.165, 1.54) is 0 Å². The van der Waals surface area contributed by atoms with E-state index in [2.05, 4.69) is 0 Å². The average Bonchev–Trinajstić information content (AvgIpc) is 2.86. The molecule has 4 nitrogen and oxygen atoms in total. The van der Waals surface area contributed by atoms with Crippen LogP contribution in [0.2, 0.25) is 0 Å². The molecule has 1 saturated heterocycles. The Morgan fingerprint density at radius 3 is 2.39 bits per heavy atom. The summed E-state index contributed by atoms with van der Waals surface area (Å²) in [5, 5.41) is 8.79. The Kier molecular flexibility index (Phi) is 3.24. The van der Waals surface area contributed by atoms with Gasteiger partial charge < -0.3 is 19.3 Å². The fourth-order valence-corrected chi connectivity index (χ4v) is 2.56. The lowest BCUT2D eigenvalue weighted by Gasteiger charge is -2.15. The Labute approximate surface area is 106 Å². The number of methoxy groups -OCH3 is 1. The topological polar surface area (TPSA) is 47.9 Å². The van der Waals surface area contributed by atoms with Gasteiger partial charge in [-0.1, -0.05) is 12.1 Å². The van der Waals surface area contributed by atoms with E-state index >= 15 is 0 Å². The summed E-state index contributed by atoms with van der Waals surface area (Å²) in [5.74, 6) is 1.31. The van der Waals surface area contributed by atoms with E-state index in [1.54, 1.807) is 7.11 Å². The minimum atomic E-state index is -0.240. The van der Waals surface area contributed by atoms with Crippen molar-refractivity contribution in [1.82, 2.24) is 0 Å². The first kappa shape index (κ1) is 12.0. The van der Waals surface area contributed by atoms with Gasteiger partial charge in [-0.3, -0.25) is 0 Å². The van der Waals surface area contributed by atoms with Gasteiger partial charge >= 0.3 is 0 Å². The highest BCUT2D eigenvalue weighted by molar-refractivity contribution is 5.28. The molecule has 0 spiro atoms. The molecule has 1 aliphatic heterocycles. The van der Waals surface area contributed by atoms with Crippen LogP contribution in [0, 0.1) is 5.92 Å². The number of fused-ring (bicyclic) bond motifs is 1. The summed E-state index contributed by atoms with van der Waals surface area (Å²) in [7, 11) is 1.65. The smallest absolute Gasteiger partial charge is 0.184 e. The molecular weight excluding hydrogens is 232 g/mol. The van der Waals surface area contributed by atoms with E-state index < -0.39 is 0 Å². The van der Waals surface area contributed by atoms with Gasteiger partial charge in [-0.25, -0.2) is 0 Å². The molecule has 0 radical (unpaired) electrons. The van der Waals surface area contributed by atoms with Crippen molar-refractivity contribution in [3.8, 4) is 5.75 Å². The minimum Gasteiger partial charge on any atom is -0.497 e. The molecule has 98 valence electrons. The second kappa shape index (κ2) is 4.88. The van der Waals surface area contributed by atoms with Gasteiger partial charge in [0.25, 0.3) is 0 Å². The molecule has 2 unspecified atom stereocenters. The SMILES string of the molecule is COc1ccc(C2OC3C(CCCO)C3O2)cc1. The number of hydrogen-bond donors (Lipinski definition) is 1. The van der Waals surface area contributed by atoms with Gasteiger partial charge in [-0.15, -0.1) is 0 Å². The van der Waals surface area contributed by atoms with E-state index in [-0.39, 0.29) is 25.1 Å². The van der Waals surface area contributed by atoms with Crippen molar-refractivity contribution in [1.29, 1.82) is 0 Å². The van der Waals surface area contributed by atoms with Gasteiger partial charge in [0.15, 0.2) is 6.29 Å². The lowest BCUT2D eigenvalue weighted by molar-refractivity contribution is -0.105. The summed E-state index contributed by atoms with van der Waals surface area (Å²) >= 11 is 0. The zero-order valence-corrected chi connectivity index (χ0v) is 10.4. The fraction of sp³-hybridized carbons (Fsp3) is 0.571. The van der Waals surface area contributed by atoms with Crippen LogP contribution in [0.1, 0.15) is 24.7 Å². The van der Waals surface area contributed by atoms with Gasteiger partial charge in [0.1, 0.15) is 5.75 Å². The van der Waals surface area contributed by atoms with Crippen molar-refractivity contribution in [3.05, 3.63) is 29.8 Å². The van der Waals surface area contributed by atoms with Crippen molar-refractivity contribution < 1.29 is 19.3 Å². The summed E-state index contributed by atoms with van der Waals surface area (Å²) in [5.41, 5.74) is 1.03. The molecule has 1 aliphatic carbocycles. The Balaban J connectivity index is 1.55. The molecule has 1 saturated carbocycles. The lowest BCUT2D eigenvalue weighted by atomic mass is 10.2. The van der Waals surface area contributed by atoms with Crippen molar-refractivity contribution in [2.45, 2.75) is 31.3 Å². The molecule has 1 heterocycles. The van der Waals surface area contributed by atoms with E-state index in [1.807, 2.05) is 24.3 Å². The molecule has 0 bridgehead atoms. The largest absolute Gasteiger partial charge is 0.497 e. The Morgan fingerprint density at radius 1 is 1.17 bits per heavy atom. The van der Waals surface area contributed by atoms with Crippen LogP contribution in [0.4, 0.5) is 0 Å². The van der Waals surface area contributed by atoms with E-state index in [0.29, 0.717) is 5.92 Å². The van der Waals surface area contributed by atoms with Gasteiger partial charge in [0.05, 0.1) is 19.3 Å². The van der Waals surface area contributed by atoms with Crippen LogP contribution >= 0.6 is 0 Å². The first-order valence-corrected chi connectivity index (χ1v) is 6.39. The molecule has 0 amide bonds. The number of hydrogen-bond acceptors (Lipinski definition) is 4. The van der Waals surface area contributed by atoms with Crippen molar-refractivity contribution in [2.24, 2.45) is 5.92 Å². The number of rotatable bonds is 5. The van der Waals surface area contributed by atoms with Crippen LogP contribution in [-0.4, -0.2) is 31.0 Å². The second-order valence-corrected chi connectivity index (χ2v) is 4.84. The second-order valence-electron chi connectivity index (χ2n) is 4.84. The maximum absolute atomic E-state index is 8.79. The number of benzene rings is 1. The standard InChI is InChI=1S/C14H18O4/c1-16-10-6-4-9(5-7-10)14-17-12-11(3-2-8-15)13(12)18-14/h4-7,11-15H,2-3,8H2,1H3. The third-order valence-corrected chi connectivity index (χ3v) is 3.67. The van der Waals surface area contributed by atoms with E-state index in [0.717, 1.165) is 24.2 Å². The zero-order chi connectivity index (χ0) is 12.5. The van der Waals surface area contributed by atoms with Crippen molar-refractivity contribution in [3.63, 3.8) is 0 Å². The summed E-state index contributed by atoms with van der Waals surface area (Å²) in [6.07, 6.45) is 2.03. The van der Waals surface area contributed by atoms with Gasteiger partial charge in [0, 0.05) is 18.1 Å². The average molecular weight is 250 g/mol. The predicted molar refractivity (Wildman–Crippen MR) is 65.3 cm³/mol. The monoisotopic (exact) mass is 250 g/mol. The Morgan fingerprint density at radius 2 is 1.83 bits per heavy atom. The third kappa shape index (κ3) is 2.11. The summed E-state index contributed by atoms with van der Waals surface area (Å²) in [6.45, 7) is 0.248. The molecule has 1 aromatic rings. The molecule has 2 atom stereocenters. The van der Waals surface area contributed by atoms with E-state index in [4.69, 9.17) is 19.3 Å². The molecule has 3 rings (SSSR count). The lowest BCUT2D eigenvalue weighted by Crippen LogP contribution is -2.07. The molecular formula is C14H18O4. The normalized spacial score (nSPS) is 33.2. The fourth-order valence-electron chi connectivity index (χ4n) is 2.56. The molecule has 1 aromatic carbocycles. The van der Waals surface area contributed by atoms with Gasteiger partial charge in [0.2, 0.25) is 0 Å². The molecule has 2 fully saturated rings. The molecule has 18 heavy (non-hydrogen) atoms. The van der Waals surface area contributed by atoms with E-state index in [9.17, 15) is 0 Å². The highest BCUT2D eigenvalue weighted by Crippen LogP contribution is 2.51. The number of aliphatic hydroxyl groups is 1. The quantitative estimate of drug-likeness (QED) is 0.866. The number of ether oxygens (including phenoxy) is 3. The summed E-state index contributed by atoms with van der Waals surface area (Å²) in [4.78, 5) is 0. The minimum absolute atomic E-state index is 0.226. The first-order chi connectivity index (χ1) is 8.83. The van der Waals surface area contributed by atoms with Crippen LogP contribution < -0.4 is 4.74 Å². The van der Waals surface area contributed by atoms with Crippen LogP contribution in [0.15, 0.2) is 24.3 Å². The Hall–Kier alpha value is -1.10. The van der Waals surface area contributed by atoms with Crippen molar-refractivity contribution in [2.75, 3.05) is 13.7 Å². The van der Waals surface area contributed by atoms with Gasteiger partial charge in [-0.2, -0.15) is 0 Å². The number of aliphatic hydroxyl groups excluding tert-OH is 1.